The molecule has 0 aromatic carbocycles. The molecule has 144 valence electrons. The highest BCUT2D eigenvalue weighted by atomic mass is 16.2. The van der Waals surface area contributed by atoms with E-state index in [0.29, 0.717) is 11.7 Å². The molecule has 4 aromatic rings. The molecule has 1 aliphatic rings. The zero-order chi connectivity index (χ0) is 19.7. The van der Waals surface area contributed by atoms with Crippen molar-refractivity contribution in [3.63, 3.8) is 0 Å². The Hall–Kier alpha value is -3.69. The maximum Gasteiger partial charge on any atom is 0.240 e. The van der Waals surface area contributed by atoms with Gasteiger partial charge in [-0.3, -0.25) is 4.79 Å². The topological polar surface area (TPSA) is 119 Å². The van der Waals surface area contributed by atoms with E-state index >= 15 is 0 Å². The number of nitrogens with two attached hydrogens (primary N) is 1. The molecule has 0 unspecified atom stereocenters. The van der Waals surface area contributed by atoms with Gasteiger partial charge in [0.15, 0.2) is 11.5 Å². The summed E-state index contributed by atoms with van der Waals surface area (Å²) >= 11 is 0. The number of hydrogen-bond donors (Lipinski definition) is 2. The van der Waals surface area contributed by atoms with Crippen molar-refractivity contribution >= 4 is 28.8 Å². The van der Waals surface area contributed by atoms with Crippen LogP contribution in [0.2, 0.25) is 0 Å². The molecule has 10 heteroatoms. The van der Waals surface area contributed by atoms with Gasteiger partial charge in [0.1, 0.15) is 5.52 Å². The molecule has 10 nitrogen and oxygen atoms in total. The monoisotopic (exact) mass is 379 g/mol. The van der Waals surface area contributed by atoms with E-state index in [1.54, 1.807) is 27.2 Å². The van der Waals surface area contributed by atoms with Crippen LogP contribution in [0.15, 0.2) is 36.8 Å². The normalized spacial score (nSPS) is 13.8. The molecule has 0 spiro atoms. The van der Waals surface area contributed by atoms with Gasteiger partial charge in [-0.05, 0) is 24.6 Å². The number of likely N-dealkylation sites (tertiary alicyclic amines) is 1. The van der Waals surface area contributed by atoms with E-state index in [-0.39, 0.29) is 5.95 Å². The number of anilines is 2. The summed E-state index contributed by atoms with van der Waals surface area (Å²) in [7, 11) is 3.64. The predicted octanol–water partition coefficient (Wildman–Crippen LogP) is 1.30. The number of fused-ring (bicyclic) bond motifs is 2. The summed E-state index contributed by atoms with van der Waals surface area (Å²) in [4.78, 5) is 20.7. The average Bonchev–Trinajstić information content (AvgIpc) is 3.41. The van der Waals surface area contributed by atoms with Crippen molar-refractivity contribution in [1.29, 1.82) is 0 Å². The fourth-order valence-corrected chi connectivity index (χ4v) is 3.16. The molecule has 0 radical (unpaired) electrons. The van der Waals surface area contributed by atoms with Crippen molar-refractivity contribution in [2.24, 2.45) is 0 Å². The van der Waals surface area contributed by atoms with Gasteiger partial charge in [-0.2, -0.15) is 10.1 Å². The molecule has 3 N–H and O–H groups in total. The molecule has 0 saturated carbocycles. The Labute approximate surface area is 161 Å². The molecule has 1 aliphatic heterocycles. The van der Waals surface area contributed by atoms with Gasteiger partial charge in [0.2, 0.25) is 11.9 Å². The Bertz CT molecular complexity index is 1150. The van der Waals surface area contributed by atoms with Crippen LogP contribution in [0.4, 0.5) is 11.8 Å². The van der Waals surface area contributed by atoms with E-state index in [0.717, 1.165) is 41.8 Å². The number of nitrogens with zero attached hydrogens (tertiary/aromatic N) is 7. The Balaban J connectivity index is 0.000000233. The van der Waals surface area contributed by atoms with Crippen molar-refractivity contribution < 1.29 is 4.79 Å². The molecule has 1 amide bonds. The molecule has 0 aliphatic carbocycles. The van der Waals surface area contributed by atoms with Crippen LogP contribution in [0.1, 0.15) is 12.8 Å². The Morgan fingerprint density at radius 2 is 2.00 bits per heavy atom. The van der Waals surface area contributed by atoms with Gasteiger partial charge in [0.05, 0.1) is 5.69 Å². The highest BCUT2D eigenvalue weighted by Gasteiger charge is 2.15. The van der Waals surface area contributed by atoms with Crippen LogP contribution in [0.5, 0.6) is 0 Å². The smallest absolute Gasteiger partial charge is 0.240 e. The Morgan fingerprint density at radius 1 is 1.14 bits per heavy atom. The second-order valence-electron chi connectivity index (χ2n) is 6.46. The Kier molecular flexibility index (Phi) is 4.52. The number of hydrogen-bond acceptors (Lipinski definition) is 7. The second-order valence-corrected chi connectivity index (χ2v) is 6.46. The lowest BCUT2D eigenvalue weighted by atomic mass is 10.2. The lowest BCUT2D eigenvalue weighted by molar-refractivity contribution is -0.126. The number of carbonyl (C=O) groups excluding carboxylic acids is 1. The van der Waals surface area contributed by atoms with Crippen molar-refractivity contribution in [3.8, 4) is 11.3 Å². The number of rotatable bonds is 2. The van der Waals surface area contributed by atoms with Gasteiger partial charge >= 0.3 is 0 Å². The van der Waals surface area contributed by atoms with E-state index in [9.17, 15) is 4.79 Å². The van der Waals surface area contributed by atoms with E-state index in [1.165, 1.54) is 0 Å². The number of nitrogen functional groups attached to an aromatic ring is 1. The molecule has 0 atom stereocenters. The minimum Gasteiger partial charge on any atom is -0.371 e. The highest BCUT2D eigenvalue weighted by molar-refractivity contribution is 5.87. The summed E-state index contributed by atoms with van der Waals surface area (Å²) in [6, 6.07) is 5.78. The largest absolute Gasteiger partial charge is 0.371 e. The van der Waals surface area contributed by atoms with Crippen LogP contribution >= 0.6 is 0 Å². The highest BCUT2D eigenvalue weighted by Crippen LogP contribution is 2.28. The summed E-state index contributed by atoms with van der Waals surface area (Å²) in [6.45, 7) is 0.957. The van der Waals surface area contributed by atoms with Crippen molar-refractivity contribution in [2.75, 3.05) is 31.7 Å². The van der Waals surface area contributed by atoms with Gasteiger partial charge < -0.3 is 16.0 Å². The average molecular weight is 379 g/mol. The van der Waals surface area contributed by atoms with E-state index < -0.39 is 0 Å². The van der Waals surface area contributed by atoms with E-state index in [4.69, 9.17) is 5.73 Å². The van der Waals surface area contributed by atoms with Gasteiger partial charge in [0, 0.05) is 51.2 Å². The summed E-state index contributed by atoms with van der Waals surface area (Å²) in [5.41, 5.74) is 9.07. The van der Waals surface area contributed by atoms with Crippen molar-refractivity contribution in [2.45, 2.75) is 12.8 Å². The summed E-state index contributed by atoms with van der Waals surface area (Å²) in [5, 5.41) is 11.8. The molecule has 28 heavy (non-hydrogen) atoms. The third kappa shape index (κ3) is 3.20. The zero-order valence-electron chi connectivity index (χ0n) is 15.7. The van der Waals surface area contributed by atoms with E-state index in [1.807, 2.05) is 37.6 Å². The second kappa shape index (κ2) is 7.14. The molecular weight excluding hydrogens is 358 g/mol. The maximum absolute atomic E-state index is 10.5. The third-order valence-electron chi connectivity index (χ3n) is 4.61. The van der Waals surface area contributed by atoms with Crippen molar-refractivity contribution in [3.05, 3.63) is 36.8 Å². The first-order valence-electron chi connectivity index (χ1n) is 8.94. The van der Waals surface area contributed by atoms with Crippen LogP contribution in [0.3, 0.4) is 0 Å². The summed E-state index contributed by atoms with van der Waals surface area (Å²) in [5.74, 6) is 1.17. The first-order valence-corrected chi connectivity index (χ1v) is 8.94. The van der Waals surface area contributed by atoms with Crippen LogP contribution in [-0.4, -0.2) is 60.6 Å². The molecule has 5 rings (SSSR count). The van der Waals surface area contributed by atoms with Gasteiger partial charge in [-0.1, -0.05) is 0 Å². The van der Waals surface area contributed by atoms with Gasteiger partial charge in [0.25, 0.3) is 0 Å². The SMILES string of the molecule is CN1CCCC1=O.CNc1nc(N)nn2ccc(-c3ccc4nccn4n3)c12. The zero-order valence-corrected chi connectivity index (χ0v) is 15.7. The number of imidazole rings is 1. The number of amides is 1. The first kappa shape index (κ1) is 17.7. The fourth-order valence-electron chi connectivity index (χ4n) is 3.16. The lowest BCUT2D eigenvalue weighted by Gasteiger charge is -2.06. The molecule has 4 aromatic heterocycles. The third-order valence-corrected chi connectivity index (χ3v) is 4.61. The minimum atomic E-state index is 0.215. The minimum absolute atomic E-state index is 0.215. The molecule has 1 fully saturated rings. The van der Waals surface area contributed by atoms with E-state index in [2.05, 4.69) is 25.5 Å². The molecule has 0 bridgehead atoms. The fraction of sp³-hybridized carbons (Fsp3) is 0.278. The maximum atomic E-state index is 10.5. The summed E-state index contributed by atoms with van der Waals surface area (Å²) in [6.07, 6.45) is 7.17. The standard InChI is InChI=1S/C13H12N8.C5H9NO/c1-15-12-11-8(4-6-21(11)19-13(14)17-12)9-2-3-10-16-5-7-20(10)18-9;1-6-4-2-3-5(6)7/h2-7H,1H3,(H3,14,15,17,19);2-4H2,1H3. The quantitative estimate of drug-likeness (QED) is 0.539. The number of aromatic nitrogens is 6. The first-order chi connectivity index (χ1) is 13.6. The molecule has 1 saturated heterocycles. The molecular formula is C18H21N9O. The van der Waals surface area contributed by atoms with Crippen LogP contribution in [0.25, 0.3) is 22.4 Å². The number of nitrogens with one attached hydrogen (secondary N) is 1. The van der Waals surface area contributed by atoms with Crippen LogP contribution in [-0.2, 0) is 4.79 Å². The van der Waals surface area contributed by atoms with Crippen LogP contribution in [0, 0.1) is 0 Å². The van der Waals surface area contributed by atoms with Gasteiger partial charge in [-0.25, -0.2) is 14.0 Å². The predicted molar refractivity (Wildman–Crippen MR) is 106 cm³/mol. The van der Waals surface area contributed by atoms with Crippen LogP contribution < -0.4 is 11.1 Å². The number of carbonyl (C=O) groups is 1. The molecule has 5 heterocycles. The lowest BCUT2D eigenvalue weighted by Crippen LogP contribution is -2.17. The van der Waals surface area contributed by atoms with Crippen molar-refractivity contribution in [1.82, 2.24) is 34.1 Å². The van der Waals surface area contributed by atoms with Gasteiger partial charge in [-0.15, -0.1) is 5.10 Å². The summed E-state index contributed by atoms with van der Waals surface area (Å²) < 4.78 is 3.43. The Morgan fingerprint density at radius 3 is 2.68 bits per heavy atom.